The van der Waals surface area contributed by atoms with Crippen molar-refractivity contribution in [2.75, 3.05) is 18.0 Å². The lowest BCUT2D eigenvalue weighted by molar-refractivity contribution is 0.588. The number of hydrogen-bond donors (Lipinski definition) is 1. The van der Waals surface area contributed by atoms with Gasteiger partial charge in [0.25, 0.3) is 0 Å². The maximum absolute atomic E-state index is 5.32. The summed E-state index contributed by atoms with van der Waals surface area (Å²) in [5, 5.41) is 3.36. The fourth-order valence-electron chi connectivity index (χ4n) is 1.50. The number of anilines is 1. The fourth-order valence-corrected chi connectivity index (χ4v) is 1.50. The lowest BCUT2D eigenvalue weighted by atomic mass is 10.2. The van der Waals surface area contributed by atoms with Crippen molar-refractivity contribution >= 4 is 5.82 Å². The normalized spacial score (nSPS) is 10.3. The van der Waals surface area contributed by atoms with Crippen LogP contribution in [-0.2, 0) is 6.54 Å². The molecule has 0 aliphatic heterocycles. The third-order valence-corrected chi connectivity index (χ3v) is 2.51. The van der Waals surface area contributed by atoms with E-state index in [-0.39, 0.29) is 0 Å². The smallest absolute Gasteiger partial charge is 0.129 e. The second kappa shape index (κ2) is 6.93. The van der Waals surface area contributed by atoms with Crippen molar-refractivity contribution in [1.29, 1.82) is 0 Å². The molecule has 92 valence electrons. The minimum absolute atomic E-state index is 0.489. The molecule has 1 aromatic heterocycles. The standard InChI is InChI=1S/C14H21N3/c1-5-9-17(6-2)14-8-7-13(11-16-14)10-15-12(3)4/h1,7-8,11-12,15H,6,9-10H2,2-4H3. The predicted octanol–water partition coefficient (Wildman–Crippen LogP) is 2.04. The van der Waals surface area contributed by atoms with Gasteiger partial charge >= 0.3 is 0 Å². The summed E-state index contributed by atoms with van der Waals surface area (Å²) < 4.78 is 0. The summed E-state index contributed by atoms with van der Waals surface area (Å²) in [7, 11) is 0. The minimum Gasteiger partial charge on any atom is -0.346 e. The van der Waals surface area contributed by atoms with Gasteiger partial charge in [0.1, 0.15) is 5.82 Å². The zero-order valence-corrected chi connectivity index (χ0v) is 10.9. The molecule has 1 rings (SSSR count). The van der Waals surface area contributed by atoms with Gasteiger partial charge in [0.2, 0.25) is 0 Å². The highest BCUT2D eigenvalue weighted by Crippen LogP contribution is 2.10. The van der Waals surface area contributed by atoms with Gasteiger partial charge in [-0.25, -0.2) is 4.98 Å². The quantitative estimate of drug-likeness (QED) is 0.759. The van der Waals surface area contributed by atoms with Crippen LogP contribution in [0.15, 0.2) is 18.3 Å². The number of rotatable bonds is 6. The molecule has 3 heteroatoms. The summed E-state index contributed by atoms with van der Waals surface area (Å²) in [6, 6.07) is 4.61. The lowest BCUT2D eigenvalue weighted by Crippen LogP contribution is -2.24. The fraction of sp³-hybridized carbons (Fsp3) is 0.500. The average molecular weight is 231 g/mol. The van der Waals surface area contributed by atoms with E-state index in [2.05, 4.69) is 48.0 Å². The summed E-state index contributed by atoms with van der Waals surface area (Å²) in [4.78, 5) is 6.51. The van der Waals surface area contributed by atoms with E-state index >= 15 is 0 Å². The second-order valence-electron chi connectivity index (χ2n) is 4.28. The van der Waals surface area contributed by atoms with Gasteiger partial charge < -0.3 is 10.2 Å². The molecule has 0 fully saturated rings. The Morgan fingerprint density at radius 2 is 2.24 bits per heavy atom. The highest BCUT2D eigenvalue weighted by atomic mass is 15.2. The summed E-state index contributed by atoms with van der Waals surface area (Å²) in [6.45, 7) is 8.68. The first kappa shape index (κ1) is 13.5. The van der Waals surface area contributed by atoms with Crippen molar-refractivity contribution in [2.45, 2.75) is 33.4 Å². The van der Waals surface area contributed by atoms with Crippen molar-refractivity contribution in [3.8, 4) is 12.3 Å². The molecule has 17 heavy (non-hydrogen) atoms. The topological polar surface area (TPSA) is 28.2 Å². The second-order valence-corrected chi connectivity index (χ2v) is 4.28. The molecule has 0 aromatic carbocycles. The molecule has 0 bridgehead atoms. The van der Waals surface area contributed by atoms with Gasteiger partial charge in [-0.05, 0) is 18.6 Å². The van der Waals surface area contributed by atoms with Crippen LogP contribution < -0.4 is 10.2 Å². The first-order chi connectivity index (χ1) is 8.17. The molecule has 1 aromatic rings. The molecular formula is C14H21N3. The summed E-state index contributed by atoms with van der Waals surface area (Å²) in [5.74, 6) is 3.59. The van der Waals surface area contributed by atoms with E-state index in [1.165, 1.54) is 5.56 Å². The van der Waals surface area contributed by atoms with E-state index in [1.807, 2.05) is 12.3 Å². The number of terminal acetylenes is 1. The Bertz CT molecular complexity index is 362. The van der Waals surface area contributed by atoms with Crippen LogP contribution in [0.3, 0.4) is 0 Å². The monoisotopic (exact) mass is 231 g/mol. The van der Waals surface area contributed by atoms with Gasteiger partial charge in [-0.2, -0.15) is 0 Å². The molecule has 0 amide bonds. The first-order valence-electron chi connectivity index (χ1n) is 6.04. The minimum atomic E-state index is 0.489. The van der Waals surface area contributed by atoms with E-state index < -0.39 is 0 Å². The number of aromatic nitrogens is 1. The van der Waals surface area contributed by atoms with E-state index in [4.69, 9.17) is 6.42 Å². The van der Waals surface area contributed by atoms with Crippen molar-refractivity contribution in [1.82, 2.24) is 10.3 Å². The molecule has 0 atom stereocenters. The largest absolute Gasteiger partial charge is 0.346 e. The van der Waals surface area contributed by atoms with Crippen LogP contribution in [0.25, 0.3) is 0 Å². The van der Waals surface area contributed by atoms with Gasteiger partial charge in [0, 0.05) is 25.3 Å². The average Bonchev–Trinajstić information content (AvgIpc) is 2.34. The Morgan fingerprint density at radius 1 is 1.47 bits per heavy atom. The van der Waals surface area contributed by atoms with Gasteiger partial charge in [-0.1, -0.05) is 25.8 Å². The highest BCUT2D eigenvalue weighted by molar-refractivity contribution is 5.40. The maximum atomic E-state index is 5.32. The molecule has 0 spiro atoms. The van der Waals surface area contributed by atoms with Gasteiger partial charge in [-0.15, -0.1) is 6.42 Å². The molecule has 0 unspecified atom stereocenters. The Balaban J connectivity index is 2.63. The zero-order valence-electron chi connectivity index (χ0n) is 10.9. The third kappa shape index (κ3) is 4.46. The molecule has 0 radical (unpaired) electrons. The Kier molecular flexibility index (Phi) is 5.51. The molecule has 0 saturated carbocycles. The van der Waals surface area contributed by atoms with Crippen LogP contribution in [0.1, 0.15) is 26.3 Å². The highest BCUT2D eigenvalue weighted by Gasteiger charge is 2.03. The van der Waals surface area contributed by atoms with E-state index in [0.29, 0.717) is 12.6 Å². The molecule has 1 heterocycles. The van der Waals surface area contributed by atoms with Crippen molar-refractivity contribution in [3.05, 3.63) is 23.9 Å². The lowest BCUT2D eigenvalue weighted by Gasteiger charge is -2.19. The molecular weight excluding hydrogens is 210 g/mol. The van der Waals surface area contributed by atoms with Crippen molar-refractivity contribution in [2.24, 2.45) is 0 Å². The Labute approximate surface area is 104 Å². The number of nitrogens with zero attached hydrogens (tertiary/aromatic N) is 2. The SMILES string of the molecule is C#CCN(CC)c1ccc(CNC(C)C)cn1. The predicted molar refractivity (Wildman–Crippen MR) is 72.9 cm³/mol. The third-order valence-electron chi connectivity index (χ3n) is 2.51. The van der Waals surface area contributed by atoms with Crippen LogP contribution >= 0.6 is 0 Å². The van der Waals surface area contributed by atoms with Crippen molar-refractivity contribution < 1.29 is 0 Å². The maximum Gasteiger partial charge on any atom is 0.129 e. The van der Waals surface area contributed by atoms with E-state index in [9.17, 15) is 0 Å². The molecule has 1 N–H and O–H groups in total. The van der Waals surface area contributed by atoms with Crippen LogP contribution in [0, 0.1) is 12.3 Å². The van der Waals surface area contributed by atoms with Gasteiger partial charge in [0.05, 0.1) is 6.54 Å². The number of hydrogen-bond acceptors (Lipinski definition) is 3. The summed E-state index contributed by atoms with van der Waals surface area (Å²) in [5.41, 5.74) is 1.19. The zero-order chi connectivity index (χ0) is 12.7. The first-order valence-corrected chi connectivity index (χ1v) is 6.04. The molecule has 3 nitrogen and oxygen atoms in total. The van der Waals surface area contributed by atoms with E-state index in [0.717, 1.165) is 18.9 Å². The molecule has 0 aliphatic rings. The van der Waals surface area contributed by atoms with E-state index in [1.54, 1.807) is 0 Å². The van der Waals surface area contributed by atoms with Crippen LogP contribution in [0.2, 0.25) is 0 Å². The van der Waals surface area contributed by atoms with Crippen molar-refractivity contribution in [3.63, 3.8) is 0 Å². The summed E-state index contributed by atoms with van der Waals surface area (Å²) >= 11 is 0. The van der Waals surface area contributed by atoms with Crippen LogP contribution in [-0.4, -0.2) is 24.1 Å². The van der Waals surface area contributed by atoms with Crippen LogP contribution in [0.5, 0.6) is 0 Å². The molecule has 0 saturated heterocycles. The summed E-state index contributed by atoms with van der Waals surface area (Å²) in [6.07, 6.45) is 7.23. The van der Waals surface area contributed by atoms with Gasteiger partial charge in [0.15, 0.2) is 0 Å². The Hall–Kier alpha value is -1.53. The van der Waals surface area contributed by atoms with Crippen LogP contribution in [0.4, 0.5) is 5.82 Å². The number of pyridine rings is 1. The Morgan fingerprint density at radius 3 is 2.71 bits per heavy atom. The van der Waals surface area contributed by atoms with Gasteiger partial charge in [-0.3, -0.25) is 0 Å². The molecule has 0 aliphatic carbocycles. The number of nitrogens with one attached hydrogen (secondary N) is 1.